The Morgan fingerprint density at radius 2 is 1.89 bits per heavy atom. The van der Waals surface area contributed by atoms with E-state index in [1.165, 1.54) is 5.56 Å². The van der Waals surface area contributed by atoms with Gasteiger partial charge in [0.05, 0.1) is 0 Å². The van der Waals surface area contributed by atoms with Crippen LogP contribution in [0.2, 0.25) is 0 Å². The Labute approximate surface area is 114 Å². The van der Waals surface area contributed by atoms with E-state index in [-0.39, 0.29) is 0 Å². The molecular formula is C14H20ClNO2. The number of rotatable bonds is 4. The summed E-state index contributed by atoms with van der Waals surface area (Å²) < 4.78 is 0. The third-order valence-electron chi connectivity index (χ3n) is 2.10. The van der Waals surface area contributed by atoms with E-state index < -0.39 is 5.97 Å². The first kappa shape index (κ1) is 16.5. The quantitative estimate of drug-likeness (QED) is 0.673. The van der Waals surface area contributed by atoms with Crippen molar-refractivity contribution in [2.45, 2.75) is 19.2 Å². The molecule has 0 aliphatic carbocycles. The number of allylic oxidation sites excluding steroid dienone is 1. The summed E-state index contributed by atoms with van der Waals surface area (Å²) in [6.45, 7) is 1.91. The van der Waals surface area contributed by atoms with Gasteiger partial charge in [0.25, 0.3) is 0 Å². The smallest absolute Gasteiger partial charge is 0.351 e. The van der Waals surface area contributed by atoms with E-state index in [2.05, 4.69) is 0 Å². The number of alkyl halides is 1. The lowest BCUT2D eigenvalue weighted by Gasteiger charge is -2.11. The van der Waals surface area contributed by atoms with E-state index in [9.17, 15) is 4.79 Å². The second-order valence-electron chi connectivity index (χ2n) is 3.82. The van der Waals surface area contributed by atoms with Crippen LogP contribution in [0.1, 0.15) is 18.9 Å². The molecule has 0 saturated heterocycles. The van der Waals surface area contributed by atoms with E-state index in [0.717, 1.165) is 6.42 Å². The van der Waals surface area contributed by atoms with E-state index in [1.54, 1.807) is 25.1 Å². The van der Waals surface area contributed by atoms with Crippen LogP contribution >= 0.6 is 11.6 Å². The first-order valence-electron chi connectivity index (χ1n) is 5.73. The summed E-state index contributed by atoms with van der Waals surface area (Å²) in [5.41, 5.74) is 1.52. The van der Waals surface area contributed by atoms with Gasteiger partial charge in [0.1, 0.15) is 5.70 Å². The number of carboxylic acids is 1. The molecule has 0 saturated carbocycles. The lowest BCUT2D eigenvalue weighted by atomic mass is 10.2. The van der Waals surface area contributed by atoms with Gasteiger partial charge in [-0.15, -0.1) is 11.6 Å². The summed E-state index contributed by atoms with van der Waals surface area (Å²) >= 11 is 5.53. The molecule has 0 aliphatic heterocycles. The standard InChI is InChI=1S/C7H7Cl.C7H13NO2/c8-6-7-4-2-1-3-5-7;1-4-5-6(7(9)10)8(2)3/h1-5H,6H2;5H,4H2,1-3H3,(H,9,10). The number of aliphatic carboxylic acids is 1. The Morgan fingerprint density at radius 1 is 1.33 bits per heavy atom. The van der Waals surface area contributed by atoms with Gasteiger partial charge < -0.3 is 10.0 Å². The summed E-state index contributed by atoms with van der Waals surface area (Å²) in [6.07, 6.45) is 2.43. The Balaban J connectivity index is 0.000000327. The zero-order chi connectivity index (χ0) is 14.0. The molecule has 0 atom stereocenters. The molecule has 0 bridgehead atoms. The second-order valence-corrected chi connectivity index (χ2v) is 4.08. The molecule has 1 aromatic rings. The average molecular weight is 270 g/mol. The van der Waals surface area contributed by atoms with Crippen molar-refractivity contribution < 1.29 is 9.90 Å². The lowest BCUT2D eigenvalue weighted by Crippen LogP contribution is -2.18. The number of likely N-dealkylation sites (N-methyl/N-ethyl adjacent to an activating group) is 1. The van der Waals surface area contributed by atoms with E-state index >= 15 is 0 Å². The van der Waals surface area contributed by atoms with Crippen LogP contribution < -0.4 is 0 Å². The molecule has 18 heavy (non-hydrogen) atoms. The molecule has 1 aromatic carbocycles. The molecule has 100 valence electrons. The maximum Gasteiger partial charge on any atom is 0.351 e. The third kappa shape index (κ3) is 6.97. The maximum absolute atomic E-state index is 10.4. The number of hydrogen-bond donors (Lipinski definition) is 1. The molecule has 0 amide bonds. The fourth-order valence-electron chi connectivity index (χ4n) is 1.22. The van der Waals surface area contributed by atoms with E-state index in [1.807, 2.05) is 37.3 Å². The largest absolute Gasteiger partial charge is 0.477 e. The fraction of sp³-hybridized carbons (Fsp3) is 0.357. The van der Waals surface area contributed by atoms with Crippen LogP contribution in [0.3, 0.4) is 0 Å². The molecule has 0 aliphatic rings. The number of carboxylic acid groups (broad SMARTS) is 1. The zero-order valence-electron chi connectivity index (χ0n) is 11.1. The average Bonchev–Trinajstić information content (AvgIpc) is 2.37. The number of halogens is 1. The van der Waals surface area contributed by atoms with Crippen LogP contribution in [0.4, 0.5) is 0 Å². The molecule has 0 aromatic heterocycles. The third-order valence-corrected chi connectivity index (χ3v) is 2.40. The summed E-state index contributed by atoms with van der Waals surface area (Å²) in [4.78, 5) is 12.0. The highest BCUT2D eigenvalue weighted by Gasteiger charge is 2.06. The molecule has 0 unspecified atom stereocenters. The molecule has 0 spiro atoms. The highest BCUT2D eigenvalue weighted by Crippen LogP contribution is 2.00. The van der Waals surface area contributed by atoms with Crippen molar-refractivity contribution >= 4 is 17.6 Å². The molecule has 1 rings (SSSR count). The van der Waals surface area contributed by atoms with Crippen LogP contribution in [0.25, 0.3) is 0 Å². The Morgan fingerprint density at radius 3 is 2.11 bits per heavy atom. The normalized spacial score (nSPS) is 10.3. The van der Waals surface area contributed by atoms with Crippen molar-refractivity contribution in [1.29, 1.82) is 0 Å². The number of carbonyl (C=O) groups is 1. The Bertz CT molecular complexity index is 375. The first-order chi connectivity index (χ1) is 8.52. The van der Waals surface area contributed by atoms with Crippen molar-refractivity contribution in [3.05, 3.63) is 47.7 Å². The fourth-order valence-corrected chi connectivity index (χ4v) is 1.40. The van der Waals surface area contributed by atoms with Crippen molar-refractivity contribution in [3.8, 4) is 0 Å². The van der Waals surface area contributed by atoms with Gasteiger partial charge in [0, 0.05) is 20.0 Å². The minimum Gasteiger partial charge on any atom is -0.477 e. The van der Waals surface area contributed by atoms with Gasteiger partial charge >= 0.3 is 5.97 Å². The van der Waals surface area contributed by atoms with Gasteiger partial charge in [0.2, 0.25) is 0 Å². The predicted octanol–water partition coefficient (Wildman–Crippen LogP) is 3.35. The summed E-state index contributed by atoms with van der Waals surface area (Å²) in [5.74, 6) is -0.257. The van der Waals surface area contributed by atoms with E-state index in [4.69, 9.17) is 16.7 Å². The monoisotopic (exact) mass is 269 g/mol. The Kier molecular flexibility index (Phi) is 8.76. The minimum absolute atomic E-state index is 0.350. The first-order valence-corrected chi connectivity index (χ1v) is 6.27. The molecule has 0 radical (unpaired) electrons. The van der Waals surface area contributed by atoms with Gasteiger partial charge in [-0.25, -0.2) is 4.79 Å². The molecule has 4 heteroatoms. The second kappa shape index (κ2) is 9.54. The number of hydrogen-bond acceptors (Lipinski definition) is 2. The summed E-state index contributed by atoms with van der Waals surface area (Å²) in [6, 6.07) is 9.96. The maximum atomic E-state index is 10.4. The summed E-state index contributed by atoms with van der Waals surface area (Å²) in [7, 11) is 3.44. The van der Waals surface area contributed by atoms with Crippen LogP contribution in [-0.2, 0) is 10.7 Å². The molecule has 3 nitrogen and oxygen atoms in total. The molecule has 0 fully saturated rings. The topological polar surface area (TPSA) is 40.5 Å². The number of nitrogens with zero attached hydrogens (tertiary/aromatic N) is 1. The van der Waals surface area contributed by atoms with E-state index in [0.29, 0.717) is 11.6 Å². The van der Waals surface area contributed by atoms with Gasteiger partial charge in [-0.3, -0.25) is 0 Å². The lowest BCUT2D eigenvalue weighted by molar-refractivity contribution is -0.134. The molecule has 0 heterocycles. The molecular weight excluding hydrogens is 250 g/mol. The zero-order valence-corrected chi connectivity index (χ0v) is 11.8. The van der Waals surface area contributed by atoms with Crippen molar-refractivity contribution in [2.24, 2.45) is 0 Å². The number of benzene rings is 1. The minimum atomic E-state index is -0.869. The van der Waals surface area contributed by atoms with Crippen LogP contribution in [0, 0.1) is 0 Å². The highest BCUT2D eigenvalue weighted by atomic mass is 35.5. The van der Waals surface area contributed by atoms with Crippen molar-refractivity contribution in [1.82, 2.24) is 4.90 Å². The van der Waals surface area contributed by atoms with Gasteiger partial charge in [0.15, 0.2) is 0 Å². The predicted molar refractivity (Wildman–Crippen MR) is 75.7 cm³/mol. The van der Waals surface area contributed by atoms with Gasteiger partial charge in [-0.05, 0) is 12.0 Å². The van der Waals surface area contributed by atoms with Crippen molar-refractivity contribution in [3.63, 3.8) is 0 Å². The highest BCUT2D eigenvalue weighted by molar-refractivity contribution is 6.17. The SMILES string of the molecule is CCC=C(C(=O)O)N(C)C.ClCc1ccccc1. The van der Waals surface area contributed by atoms with Crippen LogP contribution in [-0.4, -0.2) is 30.1 Å². The Hall–Kier alpha value is -1.48. The molecule has 1 N–H and O–H groups in total. The van der Waals surface area contributed by atoms with Crippen LogP contribution in [0.15, 0.2) is 42.1 Å². The van der Waals surface area contributed by atoms with Crippen LogP contribution in [0.5, 0.6) is 0 Å². The van der Waals surface area contributed by atoms with Gasteiger partial charge in [-0.1, -0.05) is 43.3 Å². The summed E-state index contributed by atoms with van der Waals surface area (Å²) in [5, 5.41) is 8.56. The van der Waals surface area contributed by atoms with Gasteiger partial charge in [-0.2, -0.15) is 0 Å². The van der Waals surface area contributed by atoms with Crippen molar-refractivity contribution in [2.75, 3.05) is 14.1 Å².